The highest BCUT2D eigenvalue weighted by molar-refractivity contribution is 6.31. The second-order valence-corrected chi connectivity index (χ2v) is 5.43. The lowest BCUT2D eigenvalue weighted by Crippen LogP contribution is -2.43. The normalized spacial score (nSPS) is 21.4. The van der Waals surface area contributed by atoms with Crippen LogP contribution in [-0.4, -0.2) is 47.8 Å². The van der Waals surface area contributed by atoms with E-state index in [1.807, 2.05) is 6.92 Å². The van der Waals surface area contributed by atoms with Crippen LogP contribution in [0.25, 0.3) is 0 Å². The Hall–Kier alpha value is -1.79. The van der Waals surface area contributed by atoms with Crippen LogP contribution < -0.4 is 5.32 Å². The minimum absolute atomic E-state index is 0.249. The second kappa shape index (κ2) is 6.32. The van der Waals surface area contributed by atoms with Crippen molar-refractivity contribution in [1.29, 1.82) is 0 Å². The predicted molar refractivity (Wildman–Crippen MR) is 78.8 cm³/mol. The van der Waals surface area contributed by atoms with E-state index in [1.165, 1.54) is 12.0 Å². The summed E-state index contributed by atoms with van der Waals surface area (Å²) in [5.74, 6) is -1.03. The van der Waals surface area contributed by atoms with Crippen LogP contribution >= 0.6 is 11.6 Å². The van der Waals surface area contributed by atoms with Crippen molar-refractivity contribution in [3.8, 4) is 0 Å². The Morgan fingerprint density at radius 3 is 2.81 bits per heavy atom. The van der Waals surface area contributed by atoms with Crippen LogP contribution in [0, 0.1) is 6.92 Å². The van der Waals surface area contributed by atoms with Crippen molar-refractivity contribution in [1.82, 2.24) is 4.90 Å². The molecule has 2 atom stereocenters. The lowest BCUT2D eigenvalue weighted by molar-refractivity contribution is -0.141. The first-order valence-electron chi connectivity index (χ1n) is 6.51. The number of likely N-dealkylation sites (tertiary alicyclic amines) is 1. The average Bonchev–Trinajstić information content (AvgIpc) is 2.87. The summed E-state index contributed by atoms with van der Waals surface area (Å²) in [7, 11) is 1.51. The Kier molecular flexibility index (Phi) is 4.69. The molecule has 6 nitrogen and oxygen atoms in total. The number of urea groups is 1. The van der Waals surface area contributed by atoms with E-state index >= 15 is 0 Å². The zero-order chi connectivity index (χ0) is 15.6. The Morgan fingerprint density at radius 2 is 2.19 bits per heavy atom. The van der Waals surface area contributed by atoms with Gasteiger partial charge in [0.25, 0.3) is 0 Å². The predicted octanol–water partition coefficient (Wildman–Crippen LogP) is 2.35. The Labute approximate surface area is 127 Å². The van der Waals surface area contributed by atoms with Crippen LogP contribution in [0.4, 0.5) is 10.5 Å². The number of aliphatic carboxylic acids is 1. The number of aryl methyl sites for hydroxylation is 1. The number of nitrogens with zero attached hydrogens (tertiary/aromatic N) is 1. The fraction of sp³-hybridized carbons (Fsp3) is 0.429. The number of carboxylic acids is 1. The quantitative estimate of drug-likeness (QED) is 0.898. The summed E-state index contributed by atoms with van der Waals surface area (Å²) in [5, 5.41) is 12.4. The minimum atomic E-state index is -1.03. The highest BCUT2D eigenvalue weighted by Crippen LogP contribution is 2.24. The molecule has 0 bridgehead atoms. The third-order valence-corrected chi connectivity index (χ3v) is 3.82. The smallest absolute Gasteiger partial charge is 0.326 e. The van der Waals surface area contributed by atoms with E-state index in [2.05, 4.69) is 5.32 Å². The molecule has 1 aliphatic heterocycles. The molecule has 1 aromatic rings. The number of carbonyl (C=O) groups excluding carboxylic acids is 1. The number of benzene rings is 1. The first kappa shape index (κ1) is 15.6. The monoisotopic (exact) mass is 312 g/mol. The van der Waals surface area contributed by atoms with Crippen LogP contribution in [0.15, 0.2) is 18.2 Å². The highest BCUT2D eigenvalue weighted by Gasteiger charge is 2.39. The molecule has 2 unspecified atom stereocenters. The number of nitrogens with one attached hydrogen (secondary N) is 1. The van der Waals surface area contributed by atoms with E-state index in [0.29, 0.717) is 10.7 Å². The van der Waals surface area contributed by atoms with Crippen molar-refractivity contribution in [3.63, 3.8) is 0 Å². The number of anilines is 1. The van der Waals surface area contributed by atoms with Crippen molar-refractivity contribution in [2.24, 2.45) is 0 Å². The average molecular weight is 313 g/mol. The van der Waals surface area contributed by atoms with Gasteiger partial charge in [-0.2, -0.15) is 0 Å². The summed E-state index contributed by atoms with van der Waals surface area (Å²) in [6.07, 6.45) is 0.0191. The van der Waals surface area contributed by atoms with Gasteiger partial charge in [0.15, 0.2) is 0 Å². The fourth-order valence-electron chi connectivity index (χ4n) is 2.34. The number of carbonyl (C=O) groups is 2. The molecule has 2 amide bonds. The van der Waals surface area contributed by atoms with Crippen LogP contribution in [0.3, 0.4) is 0 Å². The van der Waals surface area contributed by atoms with E-state index in [1.54, 1.807) is 18.2 Å². The number of amides is 2. The molecule has 0 saturated carbocycles. The molecule has 1 fully saturated rings. The van der Waals surface area contributed by atoms with Gasteiger partial charge in [0, 0.05) is 30.8 Å². The lowest BCUT2D eigenvalue weighted by Gasteiger charge is -2.22. The number of hydrogen-bond acceptors (Lipinski definition) is 3. The van der Waals surface area contributed by atoms with Crippen molar-refractivity contribution in [2.75, 3.05) is 19.0 Å². The van der Waals surface area contributed by atoms with Gasteiger partial charge in [-0.1, -0.05) is 17.7 Å². The van der Waals surface area contributed by atoms with Gasteiger partial charge in [-0.15, -0.1) is 0 Å². The zero-order valence-corrected chi connectivity index (χ0v) is 12.6. The number of carboxylic acid groups (broad SMARTS) is 1. The molecular weight excluding hydrogens is 296 g/mol. The first-order chi connectivity index (χ1) is 9.92. The van der Waals surface area contributed by atoms with Gasteiger partial charge in [0.05, 0.1) is 6.10 Å². The molecule has 1 heterocycles. The van der Waals surface area contributed by atoms with Gasteiger partial charge in [0.1, 0.15) is 6.04 Å². The molecule has 2 N–H and O–H groups in total. The maximum Gasteiger partial charge on any atom is 0.326 e. The number of ether oxygens (including phenoxy) is 1. The number of methoxy groups -OCH3 is 1. The van der Waals surface area contributed by atoms with Gasteiger partial charge in [-0.3, -0.25) is 0 Å². The number of hydrogen-bond donors (Lipinski definition) is 2. The van der Waals surface area contributed by atoms with E-state index in [-0.39, 0.29) is 19.1 Å². The van der Waals surface area contributed by atoms with Gasteiger partial charge in [-0.05, 0) is 24.6 Å². The molecular formula is C14H17ClN2O4. The molecule has 114 valence electrons. The third-order valence-electron chi connectivity index (χ3n) is 3.58. The number of rotatable bonds is 3. The molecule has 0 spiro atoms. The summed E-state index contributed by atoms with van der Waals surface area (Å²) in [5.41, 5.74) is 1.42. The minimum Gasteiger partial charge on any atom is -0.480 e. The highest BCUT2D eigenvalue weighted by atomic mass is 35.5. The Morgan fingerprint density at radius 1 is 1.48 bits per heavy atom. The maximum atomic E-state index is 12.3. The molecule has 7 heteroatoms. The fourth-order valence-corrected chi connectivity index (χ4v) is 2.51. The molecule has 21 heavy (non-hydrogen) atoms. The van der Waals surface area contributed by atoms with Crippen LogP contribution in [-0.2, 0) is 9.53 Å². The zero-order valence-electron chi connectivity index (χ0n) is 11.8. The van der Waals surface area contributed by atoms with Crippen molar-refractivity contribution in [2.45, 2.75) is 25.5 Å². The molecule has 1 saturated heterocycles. The molecule has 0 aliphatic carbocycles. The van der Waals surface area contributed by atoms with Gasteiger partial charge in [0.2, 0.25) is 0 Å². The van der Waals surface area contributed by atoms with Crippen LogP contribution in [0.1, 0.15) is 12.0 Å². The topological polar surface area (TPSA) is 78.9 Å². The van der Waals surface area contributed by atoms with Gasteiger partial charge in [-0.25, -0.2) is 9.59 Å². The van der Waals surface area contributed by atoms with E-state index in [0.717, 1.165) is 5.56 Å². The summed E-state index contributed by atoms with van der Waals surface area (Å²) < 4.78 is 5.16. The molecule has 1 aromatic carbocycles. The van der Waals surface area contributed by atoms with Gasteiger partial charge >= 0.3 is 12.0 Å². The lowest BCUT2D eigenvalue weighted by atomic mass is 10.2. The number of halogens is 1. The Bertz CT molecular complexity index is 564. The van der Waals surface area contributed by atoms with E-state index in [4.69, 9.17) is 16.3 Å². The largest absolute Gasteiger partial charge is 0.480 e. The molecule has 1 aliphatic rings. The summed E-state index contributed by atoms with van der Waals surface area (Å²) in [6.45, 7) is 2.08. The summed E-state index contributed by atoms with van der Waals surface area (Å²) >= 11 is 5.91. The first-order valence-corrected chi connectivity index (χ1v) is 6.89. The maximum absolute atomic E-state index is 12.3. The van der Waals surface area contributed by atoms with Crippen LogP contribution in [0.2, 0.25) is 5.02 Å². The molecule has 0 radical (unpaired) electrons. The van der Waals surface area contributed by atoms with Crippen molar-refractivity contribution < 1.29 is 19.4 Å². The van der Waals surface area contributed by atoms with Gasteiger partial charge < -0.3 is 20.1 Å². The SMILES string of the molecule is COC1CC(C(=O)O)N(C(=O)Nc2cc(Cl)ccc2C)C1. The standard InChI is InChI=1S/C14H17ClN2O4/c1-8-3-4-9(15)5-11(8)16-14(20)17-7-10(21-2)6-12(17)13(18)19/h3-5,10,12H,6-7H2,1-2H3,(H,16,20)(H,18,19). The van der Waals surface area contributed by atoms with Crippen LogP contribution in [0.5, 0.6) is 0 Å². The second-order valence-electron chi connectivity index (χ2n) is 4.99. The van der Waals surface area contributed by atoms with Crippen molar-refractivity contribution >= 4 is 29.3 Å². The van der Waals surface area contributed by atoms with Crippen molar-refractivity contribution in [3.05, 3.63) is 28.8 Å². The van der Waals surface area contributed by atoms with E-state index in [9.17, 15) is 14.7 Å². The summed E-state index contributed by atoms with van der Waals surface area (Å²) in [4.78, 5) is 24.8. The summed E-state index contributed by atoms with van der Waals surface area (Å²) in [6, 6.07) is 3.80. The third kappa shape index (κ3) is 3.46. The Balaban J connectivity index is 2.15. The molecule has 2 rings (SSSR count). The van der Waals surface area contributed by atoms with E-state index < -0.39 is 18.0 Å². The molecule has 0 aromatic heterocycles.